The smallest absolute Gasteiger partial charge is 0.352 e. The van der Waals surface area contributed by atoms with Crippen molar-refractivity contribution >= 4 is 33.1 Å². The Morgan fingerprint density at radius 3 is 2.74 bits per heavy atom. The molecule has 0 N–H and O–H groups in total. The fourth-order valence-electron chi connectivity index (χ4n) is 4.52. The quantitative estimate of drug-likeness (QED) is 0.492. The molecule has 9 heteroatoms. The van der Waals surface area contributed by atoms with E-state index in [4.69, 9.17) is 9.72 Å². The Morgan fingerprint density at radius 2 is 1.94 bits per heavy atom. The Labute approximate surface area is 181 Å². The number of fused-ring (bicyclic) bond motifs is 5. The van der Waals surface area contributed by atoms with Crippen LogP contribution in [0.4, 0.5) is 0 Å². The first-order valence-electron chi connectivity index (χ1n) is 10.6. The molecule has 1 saturated heterocycles. The van der Waals surface area contributed by atoms with Gasteiger partial charge in [0, 0.05) is 23.5 Å². The zero-order valence-electron chi connectivity index (χ0n) is 16.9. The van der Waals surface area contributed by atoms with Gasteiger partial charge in [0.25, 0.3) is 0 Å². The topological polar surface area (TPSA) is 81.7 Å². The molecular formula is C22H21N5O3S. The van der Waals surface area contributed by atoms with E-state index in [-0.39, 0.29) is 18.1 Å². The maximum absolute atomic E-state index is 13.5. The van der Waals surface area contributed by atoms with E-state index in [9.17, 15) is 9.59 Å². The minimum atomic E-state index is -0.321. The number of carbonyl (C=O) groups excluding carboxylic acids is 1. The molecular weight excluding hydrogens is 414 g/mol. The third-order valence-corrected chi connectivity index (χ3v) is 7.39. The van der Waals surface area contributed by atoms with Crippen LogP contribution in [0.5, 0.6) is 0 Å². The first kappa shape index (κ1) is 18.7. The first-order chi connectivity index (χ1) is 15.2. The van der Waals surface area contributed by atoms with Crippen LogP contribution in [0.2, 0.25) is 0 Å². The van der Waals surface area contributed by atoms with Gasteiger partial charge < -0.3 is 9.64 Å². The summed E-state index contributed by atoms with van der Waals surface area (Å²) in [5, 5.41) is 5.52. The number of morpholine rings is 1. The second kappa shape index (κ2) is 7.28. The Kier molecular flexibility index (Phi) is 4.39. The molecule has 1 aromatic carbocycles. The highest BCUT2D eigenvalue weighted by molar-refractivity contribution is 7.19. The summed E-state index contributed by atoms with van der Waals surface area (Å²) in [5.74, 6) is 0.456. The largest absolute Gasteiger partial charge is 0.378 e. The number of hydrogen-bond acceptors (Lipinski definition) is 6. The van der Waals surface area contributed by atoms with Crippen LogP contribution in [0.15, 0.2) is 35.1 Å². The lowest BCUT2D eigenvalue weighted by atomic mass is 10.2. The van der Waals surface area contributed by atoms with Gasteiger partial charge in [0.2, 0.25) is 5.91 Å². The summed E-state index contributed by atoms with van der Waals surface area (Å²) in [5.41, 5.74) is 2.39. The number of amides is 1. The lowest BCUT2D eigenvalue weighted by Crippen LogP contribution is -2.44. The second-order valence-electron chi connectivity index (χ2n) is 7.94. The van der Waals surface area contributed by atoms with Gasteiger partial charge in [0.15, 0.2) is 11.5 Å². The minimum absolute atomic E-state index is 0.00516. The fourth-order valence-corrected chi connectivity index (χ4v) is 5.89. The molecule has 3 aromatic heterocycles. The maximum Gasteiger partial charge on any atom is 0.352 e. The van der Waals surface area contributed by atoms with Gasteiger partial charge in [-0.3, -0.25) is 9.36 Å². The molecule has 0 bridgehead atoms. The van der Waals surface area contributed by atoms with Crippen molar-refractivity contribution in [2.45, 2.75) is 25.8 Å². The zero-order valence-corrected chi connectivity index (χ0v) is 17.7. The normalized spacial score (nSPS) is 16.3. The average molecular weight is 436 g/mol. The predicted molar refractivity (Wildman–Crippen MR) is 117 cm³/mol. The molecule has 158 valence electrons. The van der Waals surface area contributed by atoms with Crippen molar-refractivity contribution in [1.29, 1.82) is 0 Å². The molecule has 1 amide bonds. The number of aromatic nitrogens is 4. The van der Waals surface area contributed by atoms with E-state index in [1.165, 1.54) is 15.0 Å². The van der Waals surface area contributed by atoms with Crippen LogP contribution >= 0.6 is 11.3 Å². The molecule has 1 aliphatic heterocycles. The summed E-state index contributed by atoms with van der Waals surface area (Å²) in [6, 6.07) is 9.67. The van der Waals surface area contributed by atoms with Crippen LogP contribution in [-0.4, -0.2) is 56.3 Å². The Morgan fingerprint density at radius 1 is 1.13 bits per heavy atom. The molecule has 0 saturated carbocycles. The van der Waals surface area contributed by atoms with Crippen molar-refractivity contribution in [3.05, 3.63) is 51.3 Å². The van der Waals surface area contributed by atoms with E-state index < -0.39 is 0 Å². The molecule has 0 radical (unpaired) electrons. The van der Waals surface area contributed by atoms with Crippen LogP contribution in [0, 0.1) is 0 Å². The number of hydrogen-bond donors (Lipinski definition) is 0. The van der Waals surface area contributed by atoms with Gasteiger partial charge >= 0.3 is 5.69 Å². The highest BCUT2D eigenvalue weighted by atomic mass is 32.1. The summed E-state index contributed by atoms with van der Waals surface area (Å²) >= 11 is 1.62. The van der Waals surface area contributed by atoms with Gasteiger partial charge in [-0.05, 0) is 24.8 Å². The molecule has 6 rings (SSSR count). The van der Waals surface area contributed by atoms with Gasteiger partial charge in [-0.2, -0.15) is 4.52 Å². The number of rotatable bonds is 3. The van der Waals surface area contributed by atoms with Gasteiger partial charge in [0.05, 0.1) is 18.6 Å². The molecule has 1 aliphatic carbocycles. The number of aryl methyl sites for hydroxylation is 2. The van der Waals surface area contributed by atoms with E-state index in [1.807, 2.05) is 30.3 Å². The number of carbonyl (C=O) groups is 1. The number of thiophene rings is 1. The van der Waals surface area contributed by atoms with Gasteiger partial charge in [-0.15, -0.1) is 16.4 Å². The number of ether oxygens (including phenoxy) is 1. The average Bonchev–Trinajstić information content (AvgIpc) is 3.52. The summed E-state index contributed by atoms with van der Waals surface area (Å²) in [7, 11) is 0. The maximum atomic E-state index is 13.5. The second-order valence-corrected chi connectivity index (χ2v) is 9.02. The highest BCUT2D eigenvalue weighted by Gasteiger charge is 2.27. The SMILES string of the molecule is O=C(Cn1c(=O)n2nc(-c3ccccc3)nc2c2c3c(sc21)CCC3)N1CCOCC1. The molecule has 0 unspecified atom stereocenters. The third-order valence-electron chi connectivity index (χ3n) is 6.08. The third kappa shape index (κ3) is 2.99. The number of benzene rings is 1. The Hall–Kier alpha value is -3.04. The molecule has 4 aromatic rings. The Bertz CT molecular complexity index is 1370. The van der Waals surface area contributed by atoms with Crippen molar-refractivity contribution < 1.29 is 9.53 Å². The van der Waals surface area contributed by atoms with E-state index in [1.54, 1.807) is 20.8 Å². The van der Waals surface area contributed by atoms with Gasteiger partial charge in [0.1, 0.15) is 11.4 Å². The van der Waals surface area contributed by atoms with Crippen molar-refractivity contribution in [1.82, 2.24) is 24.1 Å². The van der Waals surface area contributed by atoms with Crippen molar-refractivity contribution in [2.24, 2.45) is 0 Å². The minimum Gasteiger partial charge on any atom is -0.378 e. The molecule has 2 aliphatic rings. The summed E-state index contributed by atoms with van der Waals surface area (Å²) in [6.07, 6.45) is 3.08. The van der Waals surface area contributed by atoms with Gasteiger partial charge in [-0.25, -0.2) is 9.78 Å². The summed E-state index contributed by atoms with van der Waals surface area (Å²) in [6.45, 7) is 2.19. The van der Waals surface area contributed by atoms with Gasteiger partial charge in [-0.1, -0.05) is 30.3 Å². The standard InChI is InChI=1S/C22H21N5O3S/c28-17(25-9-11-30-12-10-25)13-26-21-18(15-7-4-8-16(15)31-21)20-23-19(24-27(20)22(26)29)14-5-2-1-3-6-14/h1-3,5-6H,4,7-13H2. The molecule has 31 heavy (non-hydrogen) atoms. The Balaban J connectivity index is 1.55. The predicted octanol–water partition coefficient (Wildman–Crippen LogP) is 2.12. The molecule has 8 nitrogen and oxygen atoms in total. The molecule has 1 fully saturated rings. The van der Waals surface area contributed by atoms with Crippen molar-refractivity contribution in [3.8, 4) is 11.4 Å². The summed E-state index contributed by atoms with van der Waals surface area (Å²) < 4.78 is 8.32. The zero-order chi connectivity index (χ0) is 20.9. The van der Waals surface area contributed by atoms with Crippen LogP contribution in [0.25, 0.3) is 27.3 Å². The van der Waals surface area contributed by atoms with Crippen LogP contribution < -0.4 is 5.69 Å². The van der Waals surface area contributed by atoms with Crippen molar-refractivity contribution in [3.63, 3.8) is 0 Å². The molecule has 0 spiro atoms. The van der Waals surface area contributed by atoms with Crippen LogP contribution in [-0.2, 0) is 28.9 Å². The lowest BCUT2D eigenvalue weighted by molar-refractivity contribution is -0.135. The van der Waals surface area contributed by atoms with E-state index in [2.05, 4.69) is 5.10 Å². The molecule has 4 heterocycles. The highest BCUT2D eigenvalue weighted by Crippen LogP contribution is 2.38. The fraction of sp³-hybridized carbons (Fsp3) is 0.364. The van der Waals surface area contributed by atoms with Crippen LogP contribution in [0.1, 0.15) is 16.9 Å². The number of nitrogens with zero attached hydrogens (tertiary/aromatic N) is 5. The molecule has 0 atom stereocenters. The first-order valence-corrected chi connectivity index (χ1v) is 11.4. The van der Waals surface area contributed by atoms with E-state index in [0.717, 1.165) is 35.0 Å². The summed E-state index contributed by atoms with van der Waals surface area (Å²) in [4.78, 5) is 35.1. The van der Waals surface area contributed by atoms with Crippen molar-refractivity contribution in [2.75, 3.05) is 26.3 Å². The lowest BCUT2D eigenvalue weighted by Gasteiger charge is -2.27. The van der Waals surface area contributed by atoms with Crippen LogP contribution in [0.3, 0.4) is 0 Å². The van der Waals surface area contributed by atoms with E-state index >= 15 is 0 Å². The monoisotopic (exact) mass is 435 g/mol. The van der Waals surface area contributed by atoms with E-state index in [0.29, 0.717) is 37.8 Å².